The molecule has 1 heterocycles. The van der Waals surface area contributed by atoms with Gasteiger partial charge in [0, 0.05) is 18.2 Å². The Hall–Kier alpha value is -1.46. The number of benzene rings is 1. The van der Waals surface area contributed by atoms with Gasteiger partial charge in [0.2, 0.25) is 5.75 Å². The molecule has 0 saturated carbocycles. The lowest BCUT2D eigenvalue weighted by Crippen LogP contribution is -2.42. The van der Waals surface area contributed by atoms with Crippen molar-refractivity contribution in [1.82, 2.24) is 10.2 Å². The van der Waals surface area contributed by atoms with E-state index in [2.05, 4.69) is 17.1 Å². The molecule has 1 saturated heterocycles. The van der Waals surface area contributed by atoms with Crippen LogP contribution in [-0.4, -0.2) is 51.9 Å². The fraction of sp³-hybridized carbons (Fsp3) is 0.684. The molecule has 1 aromatic carbocycles. The monoisotopic (exact) mass is 336 g/mol. The fourth-order valence-corrected chi connectivity index (χ4v) is 3.30. The molecule has 0 atom stereocenters. The Morgan fingerprint density at radius 3 is 2.33 bits per heavy atom. The highest BCUT2D eigenvalue weighted by Gasteiger charge is 2.20. The maximum absolute atomic E-state index is 5.56. The molecule has 1 aromatic rings. The molecule has 1 aliphatic rings. The molecule has 0 aliphatic carbocycles. The van der Waals surface area contributed by atoms with Crippen LogP contribution in [0.2, 0.25) is 0 Å². The topological polar surface area (TPSA) is 43.0 Å². The molecule has 0 unspecified atom stereocenters. The molecule has 1 aliphatic heterocycles. The second-order valence-corrected chi connectivity index (χ2v) is 6.34. The second-order valence-electron chi connectivity index (χ2n) is 6.34. The summed E-state index contributed by atoms with van der Waals surface area (Å²) in [4.78, 5) is 2.58. The molecular formula is C19H32N2O3. The van der Waals surface area contributed by atoms with E-state index in [0.717, 1.165) is 17.9 Å². The van der Waals surface area contributed by atoms with Crippen molar-refractivity contribution in [2.24, 2.45) is 0 Å². The third-order valence-corrected chi connectivity index (χ3v) is 4.78. The van der Waals surface area contributed by atoms with Crippen LogP contribution < -0.4 is 19.5 Å². The lowest BCUT2D eigenvalue weighted by atomic mass is 10.0. The van der Waals surface area contributed by atoms with Crippen molar-refractivity contribution in [2.45, 2.75) is 45.2 Å². The Morgan fingerprint density at radius 1 is 1.04 bits per heavy atom. The lowest BCUT2D eigenvalue weighted by molar-refractivity contribution is 0.194. The number of hydrogen-bond acceptors (Lipinski definition) is 5. The summed E-state index contributed by atoms with van der Waals surface area (Å²) < 4.78 is 16.4. The van der Waals surface area contributed by atoms with Crippen LogP contribution in [0.1, 0.15) is 38.2 Å². The molecule has 1 N–H and O–H groups in total. The number of unbranched alkanes of at least 4 members (excludes halogenated alkanes) is 1. The number of methoxy groups -OCH3 is 3. The van der Waals surface area contributed by atoms with E-state index in [0.29, 0.717) is 17.5 Å². The molecule has 24 heavy (non-hydrogen) atoms. The minimum Gasteiger partial charge on any atom is -0.493 e. The van der Waals surface area contributed by atoms with Gasteiger partial charge in [0.25, 0.3) is 0 Å². The summed E-state index contributed by atoms with van der Waals surface area (Å²) in [5.74, 6) is 2.11. The van der Waals surface area contributed by atoms with Crippen LogP contribution in [0.5, 0.6) is 17.2 Å². The predicted octanol–water partition coefficient (Wildman–Crippen LogP) is 3.07. The number of ether oxygens (including phenoxy) is 3. The zero-order valence-corrected chi connectivity index (χ0v) is 15.6. The minimum absolute atomic E-state index is 0.570. The molecule has 2 rings (SSSR count). The van der Waals surface area contributed by atoms with Crippen LogP contribution in [0.25, 0.3) is 0 Å². The Morgan fingerprint density at radius 2 is 1.75 bits per heavy atom. The average Bonchev–Trinajstić information content (AvgIpc) is 2.64. The van der Waals surface area contributed by atoms with E-state index in [9.17, 15) is 0 Å². The second kappa shape index (κ2) is 9.74. The molecule has 1 fully saturated rings. The van der Waals surface area contributed by atoms with Crippen LogP contribution in [0, 0.1) is 0 Å². The van der Waals surface area contributed by atoms with Crippen molar-refractivity contribution in [3.8, 4) is 17.2 Å². The largest absolute Gasteiger partial charge is 0.493 e. The molecular weight excluding hydrogens is 304 g/mol. The Kier molecular flexibility index (Phi) is 7.66. The van der Waals surface area contributed by atoms with E-state index in [1.165, 1.54) is 45.3 Å². The Labute approximate surface area is 146 Å². The molecule has 136 valence electrons. The van der Waals surface area contributed by atoms with E-state index in [1.54, 1.807) is 21.3 Å². The van der Waals surface area contributed by atoms with Crippen molar-refractivity contribution in [3.05, 3.63) is 17.7 Å². The third kappa shape index (κ3) is 4.77. The molecule has 0 radical (unpaired) electrons. The van der Waals surface area contributed by atoms with Crippen molar-refractivity contribution in [3.63, 3.8) is 0 Å². The van der Waals surface area contributed by atoms with Gasteiger partial charge in [-0.3, -0.25) is 0 Å². The summed E-state index contributed by atoms with van der Waals surface area (Å²) in [6.45, 7) is 6.67. The number of nitrogens with zero attached hydrogens (tertiary/aromatic N) is 1. The van der Waals surface area contributed by atoms with Gasteiger partial charge < -0.3 is 24.4 Å². The molecule has 5 nitrogen and oxygen atoms in total. The smallest absolute Gasteiger partial charge is 0.203 e. The number of hydrogen-bond donors (Lipinski definition) is 1. The van der Waals surface area contributed by atoms with Gasteiger partial charge in [-0.1, -0.05) is 19.4 Å². The Balaban J connectivity index is 1.91. The van der Waals surface area contributed by atoms with Gasteiger partial charge in [-0.25, -0.2) is 0 Å². The highest BCUT2D eigenvalue weighted by molar-refractivity contribution is 5.55. The van der Waals surface area contributed by atoms with Gasteiger partial charge in [0.1, 0.15) is 0 Å². The lowest BCUT2D eigenvalue weighted by Gasteiger charge is -2.32. The quantitative estimate of drug-likeness (QED) is 0.751. The third-order valence-electron chi connectivity index (χ3n) is 4.78. The molecule has 0 aromatic heterocycles. The molecule has 0 bridgehead atoms. The first-order valence-electron chi connectivity index (χ1n) is 8.97. The number of piperidine rings is 1. The number of rotatable bonds is 9. The van der Waals surface area contributed by atoms with Gasteiger partial charge in [-0.2, -0.15) is 0 Å². The maximum Gasteiger partial charge on any atom is 0.203 e. The molecule has 0 amide bonds. The zero-order valence-electron chi connectivity index (χ0n) is 15.6. The van der Waals surface area contributed by atoms with Gasteiger partial charge >= 0.3 is 0 Å². The Bertz CT molecular complexity index is 500. The summed E-state index contributed by atoms with van der Waals surface area (Å²) in [7, 11) is 4.96. The van der Waals surface area contributed by atoms with E-state index >= 15 is 0 Å². The average molecular weight is 336 g/mol. The molecule has 0 spiro atoms. The summed E-state index contributed by atoms with van der Waals surface area (Å²) in [5.41, 5.74) is 1.10. The van der Waals surface area contributed by atoms with Crippen molar-refractivity contribution >= 4 is 0 Å². The first-order chi connectivity index (χ1) is 11.7. The van der Waals surface area contributed by atoms with Crippen molar-refractivity contribution in [1.29, 1.82) is 0 Å². The highest BCUT2D eigenvalue weighted by Crippen LogP contribution is 2.39. The van der Waals surface area contributed by atoms with Crippen LogP contribution in [0.15, 0.2) is 12.1 Å². The van der Waals surface area contributed by atoms with Crippen LogP contribution >= 0.6 is 0 Å². The highest BCUT2D eigenvalue weighted by atomic mass is 16.5. The van der Waals surface area contributed by atoms with Crippen molar-refractivity contribution < 1.29 is 14.2 Å². The zero-order chi connectivity index (χ0) is 17.4. The number of likely N-dealkylation sites (tertiary alicyclic amines) is 1. The molecule has 5 heteroatoms. The predicted molar refractivity (Wildman–Crippen MR) is 97.3 cm³/mol. The first-order valence-corrected chi connectivity index (χ1v) is 8.97. The van der Waals surface area contributed by atoms with Crippen molar-refractivity contribution in [2.75, 3.05) is 41.0 Å². The van der Waals surface area contributed by atoms with Gasteiger partial charge in [0.05, 0.1) is 21.3 Å². The van der Waals surface area contributed by atoms with Gasteiger partial charge in [-0.05, 0) is 45.0 Å². The van der Waals surface area contributed by atoms with E-state index < -0.39 is 0 Å². The summed E-state index contributed by atoms with van der Waals surface area (Å²) in [5, 5.41) is 3.67. The van der Waals surface area contributed by atoms with Crippen LogP contribution in [0.3, 0.4) is 0 Å². The maximum atomic E-state index is 5.56. The van der Waals surface area contributed by atoms with E-state index in [1.807, 2.05) is 12.1 Å². The normalized spacial score (nSPS) is 16.2. The van der Waals surface area contributed by atoms with E-state index in [-0.39, 0.29) is 0 Å². The van der Waals surface area contributed by atoms with Crippen LogP contribution in [0.4, 0.5) is 0 Å². The minimum atomic E-state index is 0.570. The first kappa shape index (κ1) is 18.9. The summed E-state index contributed by atoms with van der Waals surface area (Å²) >= 11 is 0. The van der Waals surface area contributed by atoms with Crippen LogP contribution in [-0.2, 0) is 6.54 Å². The fourth-order valence-electron chi connectivity index (χ4n) is 3.30. The summed E-state index contributed by atoms with van der Waals surface area (Å²) in [6.07, 6.45) is 5.00. The standard InChI is InChI=1S/C19H32N2O3/c1-5-6-11-21-12-9-16(10-13-21)20-14-15-7-8-17(22-2)19(24-4)18(15)23-3/h7-8,16,20H,5-6,9-14H2,1-4H3. The summed E-state index contributed by atoms with van der Waals surface area (Å²) in [6, 6.07) is 4.55. The van der Waals surface area contributed by atoms with E-state index in [4.69, 9.17) is 14.2 Å². The van der Waals surface area contributed by atoms with Gasteiger partial charge in [0.15, 0.2) is 11.5 Å². The SMILES string of the molecule is CCCCN1CCC(NCc2ccc(OC)c(OC)c2OC)CC1. The van der Waals surface area contributed by atoms with Gasteiger partial charge in [-0.15, -0.1) is 0 Å². The number of nitrogens with one attached hydrogen (secondary N) is 1.